The molecule has 0 bridgehead atoms. The molecular formula is C17H19F2N3O3S2. The highest BCUT2D eigenvalue weighted by molar-refractivity contribution is 7.89. The highest BCUT2D eigenvalue weighted by Gasteiger charge is 2.33. The molecule has 1 aliphatic rings. The van der Waals surface area contributed by atoms with Crippen molar-refractivity contribution in [2.45, 2.75) is 25.2 Å². The van der Waals surface area contributed by atoms with Crippen molar-refractivity contribution in [2.24, 2.45) is 0 Å². The van der Waals surface area contributed by atoms with Gasteiger partial charge in [0.05, 0.1) is 10.7 Å². The van der Waals surface area contributed by atoms with Gasteiger partial charge in [-0.1, -0.05) is 6.92 Å². The Morgan fingerprint density at radius 1 is 1.22 bits per heavy atom. The molecule has 1 aromatic heterocycles. The fourth-order valence-corrected chi connectivity index (χ4v) is 5.36. The summed E-state index contributed by atoms with van der Waals surface area (Å²) in [6.45, 7) is 4.12. The third-order valence-electron chi connectivity index (χ3n) is 4.37. The number of hydrogen-bond donors (Lipinski definition) is 0. The maximum atomic E-state index is 13.9. The normalized spacial score (nSPS) is 15.9. The van der Waals surface area contributed by atoms with E-state index in [1.807, 2.05) is 6.92 Å². The smallest absolute Gasteiger partial charge is 0.265 e. The third kappa shape index (κ3) is 3.87. The first-order valence-corrected chi connectivity index (χ1v) is 10.7. The van der Waals surface area contributed by atoms with E-state index in [9.17, 15) is 22.0 Å². The zero-order valence-corrected chi connectivity index (χ0v) is 16.5. The number of carbonyl (C=O) groups is 1. The van der Waals surface area contributed by atoms with Gasteiger partial charge in [0.1, 0.15) is 21.4 Å². The number of piperazine rings is 1. The van der Waals surface area contributed by atoms with Crippen LogP contribution in [0.1, 0.15) is 27.3 Å². The van der Waals surface area contributed by atoms with E-state index in [-0.39, 0.29) is 32.1 Å². The Bertz CT molecular complexity index is 968. The van der Waals surface area contributed by atoms with Crippen molar-refractivity contribution in [2.75, 3.05) is 26.2 Å². The van der Waals surface area contributed by atoms with Crippen LogP contribution in [0.2, 0.25) is 0 Å². The van der Waals surface area contributed by atoms with Crippen LogP contribution in [0.5, 0.6) is 0 Å². The van der Waals surface area contributed by atoms with Gasteiger partial charge in [-0.2, -0.15) is 4.31 Å². The molecule has 2 heterocycles. The van der Waals surface area contributed by atoms with Crippen LogP contribution < -0.4 is 0 Å². The maximum Gasteiger partial charge on any atom is 0.265 e. The second kappa shape index (κ2) is 7.61. The topological polar surface area (TPSA) is 70.6 Å². The van der Waals surface area contributed by atoms with Gasteiger partial charge in [-0.05, 0) is 31.5 Å². The van der Waals surface area contributed by atoms with Gasteiger partial charge in [0.25, 0.3) is 5.91 Å². The second-order valence-corrected chi connectivity index (χ2v) is 9.14. The van der Waals surface area contributed by atoms with Crippen molar-refractivity contribution in [3.05, 3.63) is 45.4 Å². The van der Waals surface area contributed by atoms with E-state index in [1.165, 1.54) is 11.3 Å². The number of rotatable bonds is 4. The number of nitrogens with zero attached hydrogens (tertiary/aromatic N) is 3. The molecule has 0 N–H and O–H groups in total. The highest BCUT2D eigenvalue weighted by Crippen LogP contribution is 2.24. The van der Waals surface area contributed by atoms with Crippen molar-refractivity contribution in [1.82, 2.24) is 14.2 Å². The summed E-state index contributed by atoms with van der Waals surface area (Å²) >= 11 is 1.34. The molecule has 146 valence electrons. The minimum Gasteiger partial charge on any atom is -0.335 e. The van der Waals surface area contributed by atoms with Gasteiger partial charge in [-0.25, -0.2) is 22.2 Å². The number of hydrogen-bond acceptors (Lipinski definition) is 5. The second-order valence-electron chi connectivity index (χ2n) is 6.15. The van der Waals surface area contributed by atoms with Crippen molar-refractivity contribution in [3.63, 3.8) is 0 Å². The number of aromatic nitrogens is 1. The largest absolute Gasteiger partial charge is 0.335 e. The molecule has 1 aliphatic heterocycles. The van der Waals surface area contributed by atoms with Gasteiger partial charge >= 0.3 is 0 Å². The van der Waals surface area contributed by atoms with Crippen LogP contribution in [0.15, 0.2) is 23.1 Å². The Hall–Kier alpha value is -1.91. The van der Waals surface area contributed by atoms with E-state index in [4.69, 9.17) is 0 Å². The number of sulfonamides is 1. The summed E-state index contributed by atoms with van der Waals surface area (Å²) in [5.74, 6) is -2.00. The quantitative estimate of drug-likeness (QED) is 0.769. The summed E-state index contributed by atoms with van der Waals surface area (Å²) in [5.41, 5.74) is 0.665. The Balaban J connectivity index is 1.74. The molecule has 1 aromatic carbocycles. The van der Waals surface area contributed by atoms with Crippen molar-refractivity contribution in [1.29, 1.82) is 0 Å². The van der Waals surface area contributed by atoms with Crippen LogP contribution in [-0.2, 0) is 16.4 Å². The molecular weight excluding hydrogens is 396 g/mol. The average molecular weight is 415 g/mol. The predicted molar refractivity (Wildman–Crippen MR) is 97.2 cm³/mol. The lowest BCUT2D eigenvalue weighted by Gasteiger charge is -2.33. The molecule has 0 unspecified atom stereocenters. The van der Waals surface area contributed by atoms with E-state index in [0.717, 1.165) is 27.9 Å². The molecule has 1 saturated heterocycles. The van der Waals surface area contributed by atoms with Crippen molar-refractivity contribution in [3.8, 4) is 0 Å². The number of benzene rings is 1. The summed E-state index contributed by atoms with van der Waals surface area (Å²) in [5, 5.41) is 0.874. The van der Waals surface area contributed by atoms with Gasteiger partial charge < -0.3 is 4.90 Å². The predicted octanol–water partition coefficient (Wildman–Crippen LogP) is 2.44. The first-order chi connectivity index (χ1) is 12.7. The minimum atomic E-state index is -4.17. The SMILES string of the molecule is CCc1nc(C)c(C(=O)N2CCN(S(=O)(=O)c3cc(F)ccc3F)CC2)s1. The zero-order chi connectivity index (χ0) is 19.8. The molecule has 0 radical (unpaired) electrons. The Labute approximate surface area is 160 Å². The van der Waals surface area contributed by atoms with E-state index >= 15 is 0 Å². The third-order valence-corrected chi connectivity index (χ3v) is 7.58. The Kier molecular flexibility index (Phi) is 5.59. The fraction of sp³-hybridized carbons (Fsp3) is 0.412. The highest BCUT2D eigenvalue weighted by atomic mass is 32.2. The molecule has 0 aliphatic carbocycles. The number of halogens is 2. The van der Waals surface area contributed by atoms with E-state index in [2.05, 4.69) is 4.98 Å². The monoisotopic (exact) mass is 415 g/mol. The molecule has 0 spiro atoms. The number of thiazole rings is 1. The first kappa shape index (κ1) is 19.8. The van der Waals surface area contributed by atoms with Gasteiger partial charge in [0.2, 0.25) is 10.0 Å². The molecule has 27 heavy (non-hydrogen) atoms. The summed E-state index contributed by atoms with van der Waals surface area (Å²) in [4.78, 5) is 18.5. The van der Waals surface area contributed by atoms with Crippen LogP contribution >= 0.6 is 11.3 Å². The lowest BCUT2D eigenvalue weighted by atomic mass is 10.3. The molecule has 1 fully saturated rings. The van der Waals surface area contributed by atoms with Crippen LogP contribution in [0.4, 0.5) is 8.78 Å². The van der Waals surface area contributed by atoms with Crippen molar-refractivity contribution < 1.29 is 22.0 Å². The van der Waals surface area contributed by atoms with Gasteiger partial charge in [-0.3, -0.25) is 4.79 Å². The van der Waals surface area contributed by atoms with Gasteiger partial charge in [-0.15, -0.1) is 11.3 Å². The lowest BCUT2D eigenvalue weighted by molar-refractivity contribution is 0.0701. The summed E-state index contributed by atoms with van der Waals surface area (Å²) < 4.78 is 53.5. The summed E-state index contributed by atoms with van der Waals surface area (Å²) in [6, 6.07) is 2.34. The standard InChI is InChI=1S/C17H19F2N3O3S2/c1-3-15-20-11(2)16(26-15)17(23)21-6-8-22(9-7-21)27(24,25)14-10-12(18)4-5-13(14)19/h4-5,10H,3,6-9H2,1-2H3. The molecule has 1 amide bonds. The molecule has 0 atom stereocenters. The molecule has 10 heteroatoms. The number of carbonyl (C=O) groups excluding carboxylic acids is 1. The summed E-state index contributed by atoms with van der Waals surface area (Å²) in [7, 11) is -4.17. The van der Waals surface area contributed by atoms with Crippen LogP contribution in [0.3, 0.4) is 0 Å². The van der Waals surface area contributed by atoms with E-state index < -0.39 is 26.6 Å². The molecule has 3 rings (SSSR count). The van der Waals surface area contributed by atoms with Crippen LogP contribution in [-0.4, -0.2) is 54.7 Å². The maximum absolute atomic E-state index is 13.9. The Morgan fingerprint density at radius 2 is 1.89 bits per heavy atom. The first-order valence-electron chi connectivity index (χ1n) is 8.44. The van der Waals surface area contributed by atoms with Crippen molar-refractivity contribution >= 4 is 27.3 Å². The van der Waals surface area contributed by atoms with Gasteiger partial charge in [0.15, 0.2) is 0 Å². The molecule has 2 aromatic rings. The average Bonchev–Trinajstić information content (AvgIpc) is 3.04. The van der Waals surface area contributed by atoms with E-state index in [1.54, 1.807) is 11.8 Å². The van der Waals surface area contributed by atoms with Crippen LogP contribution in [0, 0.1) is 18.6 Å². The van der Waals surface area contributed by atoms with E-state index in [0.29, 0.717) is 16.6 Å². The van der Waals surface area contributed by atoms with Gasteiger partial charge in [0, 0.05) is 26.2 Å². The Morgan fingerprint density at radius 3 is 2.48 bits per heavy atom. The summed E-state index contributed by atoms with van der Waals surface area (Å²) in [6.07, 6.45) is 0.740. The molecule has 0 saturated carbocycles. The number of aryl methyl sites for hydroxylation is 2. The molecule has 6 nitrogen and oxygen atoms in total. The fourth-order valence-electron chi connectivity index (χ4n) is 2.89. The zero-order valence-electron chi connectivity index (χ0n) is 14.9. The van der Waals surface area contributed by atoms with Crippen LogP contribution in [0.25, 0.3) is 0 Å². The lowest BCUT2D eigenvalue weighted by Crippen LogP contribution is -2.50. The minimum absolute atomic E-state index is 0.0164. The number of amides is 1.